The summed E-state index contributed by atoms with van der Waals surface area (Å²) in [5.74, 6) is -3.65. The lowest BCUT2D eigenvalue weighted by Crippen LogP contribution is -2.39. The lowest BCUT2D eigenvalue weighted by Gasteiger charge is -2.15. The van der Waals surface area contributed by atoms with Crippen molar-refractivity contribution in [1.82, 2.24) is 10.6 Å². The second kappa shape index (κ2) is 8.48. The van der Waals surface area contributed by atoms with Gasteiger partial charge in [-0.05, 0) is 12.3 Å². The van der Waals surface area contributed by atoms with E-state index in [0.29, 0.717) is 6.42 Å². The van der Waals surface area contributed by atoms with Gasteiger partial charge in [0.25, 0.3) is 0 Å². The van der Waals surface area contributed by atoms with E-state index in [1.807, 2.05) is 13.8 Å². The number of hydrogen-bond acceptors (Lipinski definition) is 3. The molecule has 0 heterocycles. The summed E-state index contributed by atoms with van der Waals surface area (Å²) in [7, 11) is 0. The van der Waals surface area contributed by atoms with Crippen molar-refractivity contribution >= 4 is 17.8 Å². The number of halogens is 3. The van der Waals surface area contributed by atoms with E-state index in [4.69, 9.17) is 5.11 Å². The maximum absolute atomic E-state index is 11.8. The summed E-state index contributed by atoms with van der Waals surface area (Å²) in [5, 5.41) is 12.7. The summed E-state index contributed by atoms with van der Waals surface area (Å²) in [4.78, 5) is 33.3. The van der Waals surface area contributed by atoms with Gasteiger partial charge in [0.2, 0.25) is 11.8 Å². The van der Waals surface area contributed by atoms with Gasteiger partial charge in [-0.2, -0.15) is 13.2 Å². The molecule has 0 radical (unpaired) electrons. The number of amides is 2. The average Bonchev–Trinajstić information content (AvgIpc) is 2.30. The molecule has 122 valence electrons. The fraction of sp³-hybridized carbons (Fsp3) is 0.750. The van der Waals surface area contributed by atoms with Crippen LogP contribution in [0, 0.1) is 11.8 Å². The molecular formula is C12H19F3N2O4. The second-order valence-corrected chi connectivity index (χ2v) is 5.04. The Kier molecular flexibility index (Phi) is 7.75. The van der Waals surface area contributed by atoms with E-state index in [2.05, 4.69) is 5.32 Å². The van der Waals surface area contributed by atoms with E-state index >= 15 is 0 Å². The van der Waals surface area contributed by atoms with Crippen molar-refractivity contribution in [2.45, 2.75) is 32.9 Å². The predicted octanol–water partition coefficient (Wildman–Crippen LogP) is 0.918. The minimum Gasteiger partial charge on any atom is -0.481 e. The van der Waals surface area contributed by atoms with Gasteiger partial charge >= 0.3 is 12.1 Å². The van der Waals surface area contributed by atoms with E-state index in [1.165, 1.54) is 0 Å². The molecule has 0 bridgehead atoms. The standard InChI is InChI=1S/C12H19F3N2O4/c1-7(2)3-8(11(20)21)5-16-9(18)4-10(19)17-6-12(13,14)15/h7-8H,3-6H2,1-2H3,(H,16,18)(H,17,19)(H,20,21). The van der Waals surface area contributed by atoms with Crippen LogP contribution in [0.1, 0.15) is 26.7 Å². The Hall–Kier alpha value is -1.80. The Balaban J connectivity index is 4.13. The molecule has 0 aliphatic carbocycles. The molecule has 1 unspecified atom stereocenters. The highest BCUT2D eigenvalue weighted by Gasteiger charge is 2.28. The fourth-order valence-corrected chi connectivity index (χ4v) is 1.55. The van der Waals surface area contributed by atoms with Crippen LogP contribution in [0.25, 0.3) is 0 Å². The maximum Gasteiger partial charge on any atom is 0.405 e. The summed E-state index contributed by atoms with van der Waals surface area (Å²) >= 11 is 0. The van der Waals surface area contributed by atoms with Crippen LogP contribution in [0.3, 0.4) is 0 Å². The second-order valence-electron chi connectivity index (χ2n) is 5.04. The smallest absolute Gasteiger partial charge is 0.405 e. The van der Waals surface area contributed by atoms with Gasteiger partial charge in [0.15, 0.2) is 0 Å². The third-order valence-corrected chi connectivity index (χ3v) is 2.46. The fourth-order valence-electron chi connectivity index (χ4n) is 1.55. The van der Waals surface area contributed by atoms with Crippen LogP contribution in [-0.4, -0.2) is 42.2 Å². The summed E-state index contributed by atoms with van der Waals surface area (Å²) in [6, 6.07) is 0. The molecular weight excluding hydrogens is 293 g/mol. The Bertz CT molecular complexity index is 383. The van der Waals surface area contributed by atoms with Crippen molar-refractivity contribution in [2.24, 2.45) is 11.8 Å². The highest BCUT2D eigenvalue weighted by atomic mass is 19.4. The van der Waals surface area contributed by atoms with E-state index in [9.17, 15) is 27.6 Å². The zero-order valence-corrected chi connectivity index (χ0v) is 11.8. The largest absolute Gasteiger partial charge is 0.481 e. The number of carbonyl (C=O) groups excluding carboxylic acids is 2. The predicted molar refractivity (Wildman–Crippen MR) is 67.3 cm³/mol. The molecule has 0 saturated heterocycles. The Morgan fingerprint density at radius 2 is 1.62 bits per heavy atom. The van der Waals surface area contributed by atoms with Gasteiger partial charge in [0, 0.05) is 6.54 Å². The van der Waals surface area contributed by atoms with Gasteiger partial charge in [0.1, 0.15) is 13.0 Å². The number of carboxylic acids is 1. The molecule has 0 saturated carbocycles. The molecule has 2 amide bonds. The summed E-state index contributed by atoms with van der Waals surface area (Å²) in [6.07, 6.45) is -4.97. The van der Waals surface area contributed by atoms with Gasteiger partial charge in [-0.3, -0.25) is 14.4 Å². The van der Waals surface area contributed by atoms with Crippen LogP contribution in [0.5, 0.6) is 0 Å². The molecule has 0 aromatic carbocycles. The Labute approximate surface area is 120 Å². The van der Waals surface area contributed by atoms with Gasteiger partial charge in [-0.25, -0.2) is 0 Å². The molecule has 0 aliphatic heterocycles. The molecule has 0 spiro atoms. The summed E-state index contributed by atoms with van der Waals surface area (Å²) in [5.41, 5.74) is 0. The van der Waals surface area contributed by atoms with E-state index in [0.717, 1.165) is 0 Å². The minimum atomic E-state index is -4.54. The number of nitrogens with one attached hydrogen (secondary N) is 2. The van der Waals surface area contributed by atoms with Crippen LogP contribution in [0.2, 0.25) is 0 Å². The summed E-state index contributed by atoms with van der Waals surface area (Å²) in [6.45, 7) is 1.97. The highest BCUT2D eigenvalue weighted by molar-refractivity contribution is 5.96. The zero-order valence-electron chi connectivity index (χ0n) is 11.8. The number of carbonyl (C=O) groups is 3. The molecule has 6 nitrogen and oxygen atoms in total. The Morgan fingerprint density at radius 1 is 1.10 bits per heavy atom. The van der Waals surface area contributed by atoms with Gasteiger partial charge < -0.3 is 15.7 Å². The van der Waals surface area contributed by atoms with Gasteiger partial charge in [-0.1, -0.05) is 13.8 Å². The molecule has 0 fully saturated rings. The molecule has 21 heavy (non-hydrogen) atoms. The van der Waals surface area contributed by atoms with E-state index in [1.54, 1.807) is 5.32 Å². The molecule has 0 aliphatic rings. The quantitative estimate of drug-likeness (QED) is 0.581. The monoisotopic (exact) mass is 312 g/mol. The van der Waals surface area contributed by atoms with Crippen molar-refractivity contribution in [3.63, 3.8) is 0 Å². The number of rotatable bonds is 8. The SMILES string of the molecule is CC(C)CC(CNC(=O)CC(=O)NCC(F)(F)F)C(=O)O. The number of carboxylic acid groups (broad SMARTS) is 1. The normalized spacial score (nSPS) is 12.9. The first-order chi connectivity index (χ1) is 9.51. The van der Waals surface area contributed by atoms with Crippen LogP contribution >= 0.6 is 0 Å². The number of alkyl halides is 3. The van der Waals surface area contributed by atoms with E-state index in [-0.39, 0.29) is 12.5 Å². The van der Waals surface area contributed by atoms with Crippen molar-refractivity contribution in [2.75, 3.05) is 13.1 Å². The van der Waals surface area contributed by atoms with Crippen LogP contribution in [0.4, 0.5) is 13.2 Å². The van der Waals surface area contributed by atoms with Gasteiger partial charge in [-0.15, -0.1) is 0 Å². The molecule has 0 rings (SSSR count). The first-order valence-electron chi connectivity index (χ1n) is 6.34. The Morgan fingerprint density at radius 3 is 2.05 bits per heavy atom. The molecule has 9 heteroatoms. The van der Waals surface area contributed by atoms with Crippen LogP contribution in [-0.2, 0) is 14.4 Å². The highest BCUT2D eigenvalue weighted by Crippen LogP contribution is 2.12. The van der Waals surface area contributed by atoms with Crippen molar-refractivity contribution in [3.05, 3.63) is 0 Å². The maximum atomic E-state index is 11.8. The first kappa shape index (κ1) is 19.2. The minimum absolute atomic E-state index is 0.109. The molecule has 0 aromatic rings. The summed E-state index contributed by atoms with van der Waals surface area (Å²) < 4.78 is 35.5. The molecule has 1 atom stereocenters. The topological polar surface area (TPSA) is 95.5 Å². The first-order valence-corrected chi connectivity index (χ1v) is 6.34. The van der Waals surface area contributed by atoms with Crippen molar-refractivity contribution < 1.29 is 32.7 Å². The molecule has 0 aromatic heterocycles. The molecule has 3 N–H and O–H groups in total. The third kappa shape index (κ3) is 10.6. The number of aliphatic carboxylic acids is 1. The number of hydrogen-bond donors (Lipinski definition) is 3. The van der Waals surface area contributed by atoms with Gasteiger partial charge in [0.05, 0.1) is 5.92 Å². The average molecular weight is 312 g/mol. The van der Waals surface area contributed by atoms with E-state index < -0.39 is 42.8 Å². The lowest BCUT2D eigenvalue weighted by atomic mass is 9.97. The van der Waals surface area contributed by atoms with Crippen LogP contribution < -0.4 is 10.6 Å². The van der Waals surface area contributed by atoms with Crippen LogP contribution in [0.15, 0.2) is 0 Å². The van der Waals surface area contributed by atoms with Crippen molar-refractivity contribution in [3.8, 4) is 0 Å². The van der Waals surface area contributed by atoms with Crippen molar-refractivity contribution in [1.29, 1.82) is 0 Å². The zero-order chi connectivity index (χ0) is 16.6. The lowest BCUT2D eigenvalue weighted by molar-refractivity contribution is -0.142. The third-order valence-electron chi connectivity index (χ3n) is 2.46.